The molecule has 1 aromatic carbocycles. The summed E-state index contributed by atoms with van der Waals surface area (Å²) >= 11 is 0. The van der Waals surface area contributed by atoms with Crippen molar-refractivity contribution in [1.29, 1.82) is 0 Å². The molecule has 22 heavy (non-hydrogen) atoms. The van der Waals surface area contributed by atoms with Crippen LogP contribution in [-0.4, -0.2) is 36.6 Å². The number of primary amides is 1. The number of nitro groups is 1. The molecule has 1 heterocycles. The number of carbonyl (C=O) groups excluding carboxylic acids is 1. The molecule has 1 saturated heterocycles. The largest absolute Gasteiger partial charge is 0.423 e. The van der Waals surface area contributed by atoms with Crippen LogP contribution in [0.3, 0.4) is 0 Å². The summed E-state index contributed by atoms with van der Waals surface area (Å²) in [7, 11) is 0. The molecule has 0 radical (unpaired) electrons. The Bertz CT molecular complexity index is 606. The topological polar surface area (TPSA) is 98.7 Å². The fraction of sp³-hybridized carbons (Fsp3) is 0.417. The highest BCUT2D eigenvalue weighted by Gasteiger charge is 2.39. The number of ether oxygens (including phenoxy) is 1. The molecule has 120 valence electrons. The minimum absolute atomic E-state index is 0.00948. The number of morpholine rings is 1. The predicted molar refractivity (Wildman–Crippen MR) is 69.2 cm³/mol. The maximum Gasteiger partial charge on any atom is 0.423 e. The van der Waals surface area contributed by atoms with Gasteiger partial charge >= 0.3 is 6.18 Å². The molecule has 0 bridgehead atoms. The zero-order valence-corrected chi connectivity index (χ0v) is 11.2. The lowest BCUT2D eigenvalue weighted by molar-refractivity contribution is -0.388. The molecular weight excluding hydrogens is 307 g/mol. The third-order valence-corrected chi connectivity index (χ3v) is 3.23. The fourth-order valence-electron chi connectivity index (χ4n) is 2.16. The molecule has 10 heteroatoms. The van der Waals surface area contributed by atoms with E-state index in [1.807, 2.05) is 0 Å². The smallest absolute Gasteiger partial charge is 0.367 e. The van der Waals surface area contributed by atoms with Crippen molar-refractivity contribution in [3.05, 3.63) is 33.9 Å². The van der Waals surface area contributed by atoms with Gasteiger partial charge in [0.25, 0.3) is 5.69 Å². The summed E-state index contributed by atoms with van der Waals surface area (Å²) < 4.78 is 43.9. The molecule has 0 spiro atoms. The van der Waals surface area contributed by atoms with Gasteiger partial charge in [0, 0.05) is 18.3 Å². The lowest BCUT2D eigenvalue weighted by atomic mass is 10.1. The highest BCUT2D eigenvalue weighted by Crippen LogP contribution is 2.38. The molecular formula is C12H12F3N3O4. The van der Waals surface area contributed by atoms with E-state index in [1.54, 1.807) is 0 Å². The van der Waals surface area contributed by atoms with Crippen LogP contribution >= 0.6 is 0 Å². The maximum atomic E-state index is 12.9. The van der Waals surface area contributed by atoms with E-state index in [1.165, 1.54) is 11.0 Å². The Morgan fingerprint density at radius 3 is 2.68 bits per heavy atom. The van der Waals surface area contributed by atoms with Gasteiger partial charge in [-0.1, -0.05) is 0 Å². The summed E-state index contributed by atoms with van der Waals surface area (Å²) in [5.41, 5.74) is 2.87. The van der Waals surface area contributed by atoms with Crippen molar-refractivity contribution >= 4 is 17.3 Å². The zero-order chi connectivity index (χ0) is 16.5. The van der Waals surface area contributed by atoms with Crippen molar-refractivity contribution in [3.63, 3.8) is 0 Å². The van der Waals surface area contributed by atoms with Crippen LogP contribution in [0.25, 0.3) is 0 Å². The number of benzene rings is 1. The van der Waals surface area contributed by atoms with Crippen molar-refractivity contribution in [2.24, 2.45) is 5.73 Å². The fourth-order valence-corrected chi connectivity index (χ4v) is 2.16. The van der Waals surface area contributed by atoms with E-state index in [2.05, 4.69) is 0 Å². The molecule has 2 N–H and O–H groups in total. The van der Waals surface area contributed by atoms with E-state index in [0.717, 1.165) is 6.07 Å². The molecule has 1 aliphatic heterocycles. The van der Waals surface area contributed by atoms with Crippen molar-refractivity contribution in [3.8, 4) is 0 Å². The first-order valence-electron chi connectivity index (χ1n) is 6.21. The molecule has 0 saturated carbocycles. The molecule has 0 aliphatic carbocycles. The average molecular weight is 319 g/mol. The first-order valence-corrected chi connectivity index (χ1v) is 6.21. The molecule has 0 unspecified atom stereocenters. The molecule has 1 aliphatic rings. The second-order valence-corrected chi connectivity index (χ2v) is 4.66. The summed E-state index contributed by atoms with van der Waals surface area (Å²) in [4.78, 5) is 22.2. The first-order chi connectivity index (χ1) is 10.2. The zero-order valence-electron chi connectivity index (χ0n) is 11.2. The van der Waals surface area contributed by atoms with Gasteiger partial charge in [0.2, 0.25) is 5.91 Å². The maximum absolute atomic E-state index is 12.9. The van der Waals surface area contributed by atoms with Crippen molar-refractivity contribution < 1.29 is 27.6 Å². The van der Waals surface area contributed by atoms with Gasteiger partial charge in [0.05, 0.1) is 18.1 Å². The molecule has 1 fully saturated rings. The van der Waals surface area contributed by atoms with Crippen LogP contribution in [0.2, 0.25) is 0 Å². The van der Waals surface area contributed by atoms with Gasteiger partial charge in [-0.25, -0.2) is 0 Å². The van der Waals surface area contributed by atoms with Crippen LogP contribution in [-0.2, 0) is 15.7 Å². The second kappa shape index (κ2) is 5.79. The molecule has 1 amide bonds. The van der Waals surface area contributed by atoms with Gasteiger partial charge in [-0.15, -0.1) is 0 Å². The van der Waals surface area contributed by atoms with Crippen LogP contribution in [0.1, 0.15) is 5.56 Å². The number of nitrogens with two attached hydrogens (primary N) is 1. The number of hydrogen-bond donors (Lipinski definition) is 1. The highest BCUT2D eigenvalue weighted by molar-refractivity contribution is 5.80. The van der Waals surface area contributed by atoms with E-state index >= 15 is 0 Å². The quantitative estimate of drug-likeness (QED) is 0.669. The number of anilines is 1. The Hall–Kier alpha value is -2.36. The average Bonchev–Trinajstić information content (AvgIpc) is 2.45. The number of nitro benzene ring substituents is 1. The van der Waals surface area contributed by atoms with Gasteiger partial charge in [-0.3, -0.25) is 14.9 Å². The molecule has 1 aromatic rings. The normalized spacial score (nSPS) is 19.0. The van der Waals surface area contributed by atoms with Gasteiger partial charge in [-0.05, 0) is 12.1 Å². The van der Waals surface area contributed by atoms with Gasteiger partial charge in [0.1, 0.15) is 5.56 Å². The second-order valence-electron chi connectivity index (χ2n) is 4.66. The van der Waals surface area contributed by atoms with Crippen LogP contribution < -0.4 is 10.6 Å². The SMILES string of the molecule is NC(=O)[C@H]1CN(c2ccc([N+](=O)[O-])c(C(F)(F)F)c2)CCO1. The van der Waals surface area contributed by atoms with Gasteiger partial charge < -0.3 is 15.4 Å². The molecule has 1 atom stereocenters. The monoisotopic (exact) mass is 319 g/mol. The minimum atomic E-state index is -4.85. The van der Waals surface area contributed by atoms with Gasteiger partial charge in [-0.2, -0.15) is 13.2 Å². The van der Waals surface area contributed by atoms with E-state index in [4.69, 9.17) is 10.5 Å². The number of alkyl halides is 3. The Balaban J connectivity index is 2.36. The van der Waals surface area contributed by atoms with Crippen molar-refractivity contribution in [1.82, 2.24) is 0 Å². The minimum Gasteiger partial charge on any atom is -0.367 e. The van der Waals surface area contributed by atoms with Crippen molar-refractivity contribution in [2.75, 3.05) is 24.6 Å². The highest BCUT2D eigenvalue weighted by atomic mass is 19.4. The number of amides is 1. The summed E-state index contributed by atoms with van der Waals surface area (Å²) in [5.74, 6) is -0.720. The number of carbonyl (C=O) groups is 1. The predicted octanol–water partition coefficient (Wildman–Crippen LogP) is 1.30. The lowest BCUT2D eigenvalue weighted by Gasteiger charge is -2.33. The van der Waals surface area contributed by atoms with Crippen molar-refractivity contribution in [2.45, 2.75) is 12.3 Å². The standard InChI is InChI=1S/C12H12F3N3O4/c13-12(14,15)8-5-7(1-2-9(8)18(20)21)17-3-4-22-10(6-17)11(16)19/h1-2,5,10H,3-4,6H2,(H2,16,19)/t10-/m1/s1. The Labute approximate surface area is 122 Å². The number of halogens is 3. The van der Waals surface area contributed by atoms with Crippen LogP contribution in [0.4, 0.5) is 24.5 Å². The van der Waals surface area contributed by atoms with Crippen LogP contribution in [0.5, 0.6) is 0 Å². The summed E-state index contributed by atoms with van der Waals surface area (Å²) in [6.07, 6.45) is -5.79. The number of nitrogens with zero attached hydrogens (tertiary/aromatic N) is 2. The Morgan fingerprint density at radius 1 is 1.45 bits per heavy atom. The summed E-state index contributed by atoms with van der Waals surface area (Å²) in [5, 5.41) is 10.7. The van der Waals surface area contributed by atoms with Crippen LogP contribution in [0.15, 0.2) is 18.2 Å². The Morgan fingerprint density at radius 2 is 2.14 bits per heavy atom. The van der Waals surface area contributed by atoms with Crippen LogP contribution in [0, 0.1) is 10.1 Å². The Kier molecular flexibility index (Phi) is 4.22. The number of rotatable bonds is 3. The van der Waals surface area contributed by atoms with E-state index in [-0.39, 0.29) is 25.4 Å². The summed E-state index contributed by atoms with van der Waals surface area (Å²) in [6, 6.07) is 2.70. The van der Waals surface area contributed by atoms with E-state index in [9.17, 15) is 28.1 Å². The lowest BCUT2D eigenvalue weighted by Crippen LogP contribution is -2.48. The third kappa shape index (κ3) is 3.27. The summed E-state index contributed by atoms with van der Waals surface area (Å²) in [6.45, 7) is 0.356. The van der Waals surface area contributed by atoms with E-state index in [0.29, 0.717) is 6.07 Å². The number of hydrogen-bond acceptors (Lipinski definition) is 5. The molecule has 2 rings (SSSR count). The third-order valence-electron chi connectivity index (χ3n) is 3.23. The van der Waals surface area contributed by atoms with Gasteiger partial charge in [0.15, 0.2) is 6.10 Å². The molecule has 0 aromatic heterocycles. The first kappa shape index (κ1) is 16.0. The van der Waals surface area contributed by atoms with E-state index < -0.39 is 34.4 Å². The molecule has 7 nitrogen and oxygen atoms in total.